The first-order valence-electron chi connectivity index (χ1n) is 8.72. The second-order valence-corrected chi connectivity index (χ2v) is 6.66. The Labute approximate surface area is 152 Å². The summed E-state index contributed by atoms with van der Waals surface area (Å²) in [5.41, 5.74) is 4.25. The smallest absolute Gasteiger partial charge is 0.221 e. The number of nitrogens with zero attached hydrogens (tertiary/aromatic N) is 4. The minimum Gasteiger partial charge on any atom is -0.348 e. The van der Waals surface area contributed by atoms with Crippen LogP contribution >= 0.6 is 0 Å². The number of aryl methyl sites for hydroxylation is 1. The van der Waals surface area contributed by atoms with Crippen molar-refractivity contribution in [2.75, 3.05) is 11.9 Å². The van der Waals surface area contributed by atoms with Gasteiger partial charge in [0.1, 0.15) is 11.9 Å². The number of fused-ring (bicyclic) bond motifs is 1. The average molecular weight is 350 g/mol. The molecule has 0 bridgehead atoms. The van der Waals surface area contributed by atoms with Crippen molar-refractivity contribution in [1.82, 2.24) is 24.4 Å². The summed E-state index contributed by atoms with van der Waals surface area (Å²) < 4.78 is 2.06. The molecule has 134 valence electrons. The Hall–Kier alpha value is -2.93. The van der Waals surface area contributed by atoms with Gasteiger partial charge in [0.15, 0.2) is 0 Å². The van der Waals surface area contributed by atoms with Gasteiger partial charge in [0.25, 0.3) is 0 Å². The second kappa shape index (κ2) is 6.76. The van der Waals surface area contributed by atoms with E-state index in [9.17, 15) is 4.79 Å². The third-order valence-corrected chi connectivity index (χ3v) is 4.79. The van der Waals surface area contributed by atoms with Crippen LogP contribution in [0.4, 0.5) is 5.69 Å². The molecule has 1 aromatic carbocycles. The minimum absolute atomic E-state index is 0.0278. The number of rotatable bonds is 4. The Kier molecular flexibility index (Phi) is 4.30. The summed E-state index contributed by atoms with van der Waals surface area (Å²) in [6, 6.07) is 8.02. The quantitative estimate of drug-likeness (QED) is 0.756. The molecule has 2 aromatic heterocycles. The first-order valence-corrected chi connectivity index (χ1v) is 8.72. The van der Waals surface area contributed by atoms with E-state index in [0.717, 1.165) is 36.7 Å². The van der Waals surface area contributed by atoms with Crippen LogP contribution in [0.15, 0.2) is 43.0 Å². The molecule has 3 aromatic rings. The van der Waals surface area contributed by atoms with E-state index in [1.54, 1.807) is 6.33 Å². The molecule has 7 heteroatoms. The first-order chi connectivity index (χ1) is 12.6. The third-order valence-electron chi connectivity index (χ3n) is 4.79. The van der Waals surface area contributed by atoms with Crippen molar-refractivity contribution in [1.29, 1.82) is 0 Å². The van der Waals surface area contributed by atoms with Crippen molar-refractivity contribution >= 4 is 11.6 Å². The molecule has 1 amide bonds. The fourth-order valence-corrected chi connectivity index (χ4v) is 3.55. The molecule has 4 rings (SSSR count). The predicted molar refractivity (Wildman–Crippen MR) is 98.5 cm³/mol. The van der Waals surface area contributed by atoms with E-state index < -0.39 is 0 Å². The fourth-order valence-electron chi connectivity index (χ4n) is 3.55. The molecule has 0 saturated carbocycles. The van der Waals surface area contributed by atoms with E-state index >= 15 is 0 Å². The monoisotopic (exact) mass is 350 g/mol. The van der Waals surface area contributed by atoms with Crippen molar-refractivity contribution in [3.63, 3.8) is 0 Å². The second-order valence-electron chi connectivity index (χ2n) is 6.66. The Morgan fingerprint density at radius 3 is 2.81 bits per heavy atom. The Morgan fingerprint density at radius 2 is 2.12 bits per heavy atom. The van der Waals surface area contributed by atoms with Crippen molar-refractivity contribution in [2.45, 2.75) is 25.9 Å². The van der Waals surface area contributed by atoms with Gasteiger partial charge in [0, 0.05) is 57.3 Å². The number of hydrogen-bond acceptors (Lipinski definition) is 4. The summed E-state index contributed by atoms with van der Waals surface area (Å²) in [7, 11) is 2.02. The van der Waals surface area contributed by atoms with Crippen LogP contribution < -0.4 is 5.32 Å². The van der Waals surface area contributed by atoms with Gasteiger partial charge in [0.05, 0.1) is 12.0 Å². The van der Waals surface area contributed by atoms with Crippen LogP contribution in [0.3, 0.4) is 0 Å². The van der Waals surface area contributed by atoms with Crippen LogP contribution in [0, 0.1) is 0 Å². The molecule has 1 atom stereocenters. The summed E-state index contributed by atoms with van der Waals surface area (Å²) >= 11 is 0. The number of carbonyl (C=O) groups excluding carboxylic acids is 1. The number of aromatic nitrogens is 4. The van der Waals surface area contributed by atoms with Crippen LogP contribution in [0.2, 0.25) is 0 Å². The maximum absolute atomic E-state index is 11.2. The molecule has 26 heavy (non-hydrogen) atoms. The first kappa shape index (κ1) is 16.5. The van der Waals surface area contributed by atoms with Gasteiger partial charge in [-0.1, -0.05) is 12.1 Å². The Balaban J connectivity index is 1.61. The summed E-state index contributed by atoms with van der Waals surface area (Å²) in [6.07, 6.45) is 6.51. The van der Waals surface area contributed by atoms with Gasteiger partial charge < -0.3 is 14.9 Å². The van der Waals surface area contributed by atoms with Crippen molar-refractivity contribution < 1.29 is 4.79 Å². The lowest BCUT2D eigenvalue weighted by Crippen LogP contribution is -2.37. The number of benzene rings is 1. The van der Waals surface area contributed by atoms with Crippen LogP contribution in [-0.4, -0.2) is 36.9 Å². The van der Waals surface area contributed by atoms with Gasteiger partial charge in [-0.25, -0.2) is 9.97 Å². The van der Waals surface area contributed by atoms with E-state index in [4.69, 9.17) is 0 Å². The number of hydrogen-bond donors (Lipinski definition) is 2. The predicted octanol–water partition coefficient (Wildman–Crippen LogP) is 2.25. The Morgan fingerprint density at radius 1 is 1.31 bits per heavy atom. The molecule has 0 fully saturated rings. The molecule has 0 saturated heterocycles. The lowest BCUT2D eigenvalue weighted by atomic mass is 10.0. The number of carbonyl (C=O) groups is 1. The molecule has 0 spiro atoms. The highest BCUT2D eigenvalue weighted by molar-refractivity contribution is 5.88. The molecule has 7 nitrogen and oxygen atoms in total. The molecular weight excluding hydrogens is 328 g/mol. The van der Waals surface area contributed by atoms with E-state index in [0.29, 0.717) is 0 Å². The van der Waals surface area contributed by atoms with Gasteiger partial charge in [-0.3, -0.25) is 9.69 Å². The molecular formula is C19H22N6O. The molecule has 0 aliphatic carbocycles. The standard InChI is InChI=1S/C19H22N6O/c1-13(26)23-15-5-3-14(4-6-15)11-25-9-7-16-17(22-12-21-16)18(25)19-20-8-10-24(19)2/h3-6,8,10,12,18H,7,9,11H2,1-2H3,(H,21,22)(H,23,26). The molecule has 2 N–H and O–H groups in total. The van der Waals surface area contributed by atoms with Gasteiger partial charge in [-0.15, -0.1) is 0 Å². The number of anilines is 1. The average Bonchev–Trinajstić information content (AvgIpc) is 3.25. The van der Waals surface area contributed by atoms with Crippen molar-refractivity contribution in [2.24, 2.45) is 7.05 Å². The fraction of sp³-hybridized carbons (Fsp3) is 0.316. The summed E-state index contributed by atoms with van der Waals surface area (Å²) in [6.45, 7) is 3.24. The molecule has 3 heterocycles. The van der Waals surface area contributed by atoms with Gasteiger partial charge in [-0.2, -0.15) is 0 Å². The number of H-pyrrole nitrogens is 1. The number of imidazole rings is 2. The summed E-state index contributed by atoms with van der Waals surface area (Å²) in [4.78, 5) is 26.0. The van der Waals surface area contributed by atoms with E-state index in [1.807, 2.05) is 31.6 Å². The number of amides is 1. The maximum atomic E-state index is 11.2. The normalized spacial score (nSPS) is 17.1. The highest BCUT2D eigenvalue weighted by atomic mass is 16.1. The lowest BCUT2D eigenvalue weighted by Gasteiger charge is -2.34. The molecule has 1 aliphatic heterocycles. The third kappa shape index (κ3) is 3.13. The number of nitrogens with one attached hydrogen (secondary N) is 2. The van der Waals surface area contributed by atoms with E-state index in [-0.39, 0.29) is 11.9 Å². The lowest BCUT2D eigenvalue weighted by molar-refractivity contribution is -0.114. The Bertz CT molecular complexity index is 910. The van der Waals surface area contributed by atoms with Crippen LogP contribution in [-0.2, 0) is 24.8 Å². The van der Waals surface area contributed by atoms with Crippen molar-refractivity contribution in [3.8, 4) is 0 Å². The van der Waals surface area contributed by atoms with Gasteiger partial charge in [0.2, 0.25) is 5.91 Å². The van der Waals surface area contributed by atoms with Crippen LogP contribution in [0.5, 0.6) is 0 Å². The number of aromatic amines is 1. The molecule has 1 aliphatic rings. The largest absolute Gasteiger partial charge is 0.348 e. The summed E-state index contributed by atoms with van der Waals surface area (Å²) in [5.74, 6) is 0.933. The van der Waals surface area contributed by atoms with E-state index in [1.165, 1.54) is 18.2 Å². The minimum atomic E-state index is -0.0605. The highest BCUT2D eigenvalue weighted by Gasteiger charge is 2.33. The summed E-state index contributed by atoms with van der Waals surface area (Å²) in [5, 5.41) is 2.80. The van der Waals surface area contributed by atoms with Gasteiger partial charge >= 0.3 is 0 Å². The zero-order valence-electron chi connectivity index (χ0n) is 14.9. The van der Waals surface area contributed by atoms with E-state index in [2.05, 4.69) is 41.9 Å². The van der Waals surface area contributed by atoms with Gasteiger partial charge in [-0.05, 0) is 17.7 Å². The highest BCUT2D eigenvalue weighted by Crippen LogP contribution is 2.33. The van der Waals surface area contributed by atoms with Crippen LogP contribution in [0.1, 0.15) is 35.7 Å². The SMILES string of the molecule is CC(=O)Nc1ccc(CN2CCc3[nH]cnc3C2c2nccn2C)cc1. The maximum Gasteiger partial charge on any atom is 0.221 e. The zero-order chi connectivity index (χ0) is 18.1. The zero-order valence-corrected chi connectivity index (χ0v) is 14.9. The topological polar surface area (TPSA) is 78.8 Å². The molecule has 0 radical (unpaired) electrons. The molecule has 1 unspecified atom stereocenters. The van der Waals surface area contributed by atoms with Crippen LogP contribution in [0.25, 0.3) is 0 Å². The van der Waals surface area contributed by atoms with Crippen molar-refractivity contribution in [3.05, 3.63) is 65.8 Å².